The summed E-state index contributed by atoms with van der Waals surface area (Å²) in [5.74, 6) is -1.25. The van der Waals surface area contributed by atoms with E-state index < -0.39 is 17.7 Å². The van der Waals surface area contributed by atoms with Crippen LogP contribution in [0.3, 0.4) is 0 Å². The number of hydrogen-bond donors (Lipinski definition) is 1. The van der Waals surface area contributed by atoms with Crippen LogP contribution in [-0.4, -0.2) is 5.11 Å². The molecule has 0 saturated heterocycles. The summed E-state index contributed by atoms with van der Waals surface area (Å²) in [5.41, 5.74) is 0.317. The van der Waals surface area contributed by atoms with Gasteiger partial charge in [0.15, 0.2) is 0 Å². The van der Waals surface area contributed by atoms with Gasteiger partial charge in [-0.15, -0.1) is 0 Å². The normalized spacial score (nSPS) is 12.5. The lowest BCUT2D eigenvalue weighted by molar-refractivity contribution is 0.214. The lowest BCUT2D eigenvalue weighted by Crippen LogP contribution is -2.03. The molecule has 2 rings (SSSR count). The van der Waals surface area contributed by atoms with Crippen molar-refractivity contribution in [1.82, 2.24) is 0 Å². The van der Waals surface area contributed by atoms with E-state index in [0.29, 0.717) is 10.6 Å². The Balaban J connectivity index is 2.44. The van der Waals surface area contributed by atoms with Crippen LogP contribution in [-0.2, 0) is 0 Å². The number of hydrogen-bond acceptors (Lipinski definition) is 1. The Morgan fingerprint density at radius 2 is 1.83 bits per heavy atom. The number of rotatable bonds is 2. The zero-order chi connectivity index (χ0) is 13.3. The maximum absolute atomic E-state index is 13.5. The molecule has 2 aromatic carbocycles. The number of aliphatic hydroxyl groups excluding tert-OH is 1. The molecule has 2 aromatic rings. The van der Waals surface area contributed by atoms with Gasteiger partial charge in [-0.25, -0.2) is 8.78 Å². The van der Waals surface area contributed by atoms with Gasteiger partial charge >= 0.3 is 0 Å². The third kappa shape index (κ3) is 2.81. The van der Waals surface area contributed by atoms with Crippen molar-refractivity contribution < 1.29 is 13.9 Å². The van der Waals surface area contributed by atoms with E-state index in [2.05, 4.69) is 0 Å². The molecule has 0 saturated carbocycles. The largest absolute Gasteiger partial charge is 0.384 e. The van der Waals surface area contributed by atoms with Gasteiger partial charge in [-0.3, -0.25) is 0 Å². The average molecular weight is 381 g/mol. The van der Waals surface area contributed by atoms with Gasteiger partial charge in [-0.2, -0.15) is 0 Å². The standard InChI is InChI=1S/C13H8ClF2IO/c14-10-5-7(1-4-12(10)17)13(18)9-6-8(15)2-3-11(9)16/h1-6,13,18H. The molecule has 0 spiro atoms. The Morgan fingerprint density at radius 3 is 2.50 bits per heavy atom. The van der Waals surface area contributed by atoms with Gasteiger partial charge in [0.1, 0.15) is 17.7 Å². The quantitative estimate of drug-likeness (QED) is 0.770. The molecule has 0 aliphatic carbocycles. The van der Waals surface area contributed by atoms with E-state index in [1.165, 1.54) is 0 Å². The van der Waals surface area contributed by atoms with E-state index in [9.17, 15) is 13.9 Å². The summed E-state index contributed by atoms with van der Waals surface area (Å²) in [7, 11) is 0. The molecule has 1 N–H and O–H groups in total. The van der Waals surface area contributed by atoms with Crippen molar-refractivity contribution in [3.63, 3.8) is 0 Å². The van der Waals surface area contributed by atoms with Crippen LogP contribution in [0.5, 0.6) is 0 Å². The molecule has 5 heteroatoms. The van der Waals surface area contributed by atoms with Crippen molar-refractivity contribution in [3.05, 3.63) is 67.8 Å². The van der Waals surface area contributed by atoms with Gasteiger partial charge in [0.05, 0.1) is 5.02 Å². The Kier molecular flexibility index (Phi) is 4.19. The summed E-state index contributed by atoms with van der Waals surface area (Å²) in [4.78, 5) is 0. The van der Waals surface area contributed by atoms with Gasteiger partial charge < -0.3 is 5.11 Å². The first kappa shape index (κ1) is 13.7. The molecule has 0 fully saturated rings. The molecule has 0 aliphatic heterocycles. The highest BCUT2D eigenvalue weighted by atomic mass is 127. The molecule has 18 heavy (non-hydrogen) atoms. The highest BCUT2D eigenvalue weighted by Gasteiger charge is 2.16. The van der Waals surface area contributed by atoms with Crippen LogP contribution in [0.4, 0.5) is 8.78 Å². The van der Waals surface area contributed by atoms with Crippen LogP contribution in [0.15, 0.2) is 36.4 Å². The van der Waals surface area contributed by atoms with Gasteiger partial charge in [0, 0.05) is 9.13 Å². The van der Waals surface area contributed by atoms with E-state index in [1.807, 2.05) is 22.6 Å². The van der Waals surface area contributed by atoms with Crippen molar-refractivity contribution in [1.29, 1.82) is 0 Å². The van der Waals surface area contributed by atoms with Crippen molar-refractivity contribution in [2.24, 2.45) is 0 Å². The minimum absolute atomic E-state index is 0.104. The van der Waals surface area contributed by atoms with E-state index in [4.69, 9.17) is 11.6 Å². The van der Waals surface area contributed by atoms with Crippen molar-refractivity contribution >= 4 is 34.2 Å². The minimum Gasteiger partial charge on any atom is -0.384 e. The molecule has 0 aliphatic rings. The second kappa shape index (κ2) is 5.50. The molecular weight excluding hydrogens is 372 g/mol. The monoisotopic (exact) mass is 380 g/mol. The molecule has 0 heterocycles. The third-order valence-corrected chi connectivity index (χ3v) is 4.08. The Hall–Kier alpha value is -0.720. The van der Waals surface area contributed by atoms with Crippen LogP contribution in [0, 0.1) is 15.2 Å². The second-order valence-corrected chi connectivity index (χ2v) is 5.31. The van der Waals surface area contributed by atoms with Crippen molar-refractivity contribution in [2.75, 3.05) is 0 Å². The smallest absolute Gasteiger partial charge is 0.129 e. The molecule has 0 amide bonds. The van der Waals surface area contributed by atoms with Gasteiger partial charge in [-0.1, -0.05) is 17.7 Å². The van der Waals surface area contributed by atoms with Crippen LogP contribution in [0.25, 0.3) is 0 Å². The highest BCUT2D eigenvalue weighted by Crippen LogP contribution is 2.28. The third-order valence-electron chi connectivity index (χ3n) is 2.51. The van der Waals surface area contributed by atoms with E-state index in [1.54, 1.807) is 18.2 Å². The summed E-state index contributed by atoms with van der Waals surface area (Å²) in [5, 5.41) is 10.5. The summed E-state index contributed by atoms with van der Waals surface area (Å²) in [6.07, 6.45) is -1.24. The summed E-state index contributed by atoms with van der Waals surface area (Å²) in [6.45, 7) is 0. The van der Waals surface area contributed by atoms with Gasteiger partial charge in [0.25, 0.3) is 0 Å². The molecule has 0 radical (unpaired) electrons. The van der Waals surface area contributed by atoms with Crippen LogP contribution >= 0.6 is 34.2 Å². The Morgan fingerprint density at radius 1 is 1.11 bits per heavy atom. The maximum Gasteiger partial charge on any atom is 0.129 e. The lowest BCUT2D eigenvalue weighted by Gasteiger charge is -2.13. The fraction of sp³-hybridized carbons (Fsp3) is 0.0769. The van der Waals surface area contributed by atoms with Crippen molar-refractivity contribution in [3.8, 4) is 0 Å². The summed E-state index contributed by atoms with van der Waals surface area (Å²) >= 11 is 7.97. The SMILES string of the molecule is OC(c1ccc(I)c(Cl)c1)c1cc(F)ccc1F. The van der Waals surface area contributed by atoms with Crippen LogP contribution in [0.1, 0.15) is 17.2 Å². The zero-order valence-corrected chi connectivity index (χ0v) is 11.9. The first-order valence-electron chi connectivity index (χ1n) is 5.07. The molecule has 1 nitrogen and oxygen atoms in total. The van der Waals surface area contributed by atoms with Gasteiger partial charge in [-0.05, 0) is 58.5 Å². The van der Waals surface area contributed by atoms with E-state index in [-0.39, 0.29) is 5.56 Å². The number of aliphatic hydroxyl groups is 1. The first-order chi connectivity index (χ1) is 8.49. The predicted octanol–water partition coefficient (Wildman–Crippen LogP) is 4.30. The number of benzene rings is 2. The Labute approximate surface area is 122 Å². The van der Waals surface area contributed by atoms with Crippen LogP contribution in [0.2, 0.25) is 5.02 Å². The first-order valence-corrected chi connectivity index (χ1v) is 6.52. The van der Waals surface area contributed by atoms with Gasteiger partial charge in [0.2, 0.25) is 0 Å². The molecule has 1 unspecified atom stereocenters. The average Bonchev–Trinajstić information content (AvgIpc) is 2.35. The fourth-order valence-corrected chi connectivity index (χ4v) is 2.11. The van der Waals surface area contributed by atoms with Crippen LogP contribution < -0.4 is 0 Å². The summed E-state index contributed by atoms with van der Waals surface area (Å²) < 4.78 is 27.4. The van der Waals surface area contributed by atoms with E-state index >= 15 is 0 Å². The number of halogens is 4. The molecule has 0 bridgehead atoms. The zero-order valence-electron chi connectivity index (χ0n) is 9.00. The summed E-state index contributed by atoms with van der Waals surface area (Å²) in [6, 6.07) is 7.85. The lowest BCUT2D eigenvalue weighted by atomic mass is 10.0. The molecule has 1 atom stereocenters. The maximum atomic E-state index is 13.5. The molecule has 0 aromatic heterocycles. The topological polar surface area (TPSA) is 20.2 Å². The fourth-order valence-electron chi connectivity index (χ4n) is 1.59. The highest BCUT2D eigenvalue weighted by molar-refractivity contribution is 14.1. The molecule has 94 valence electrons. The second-order valence-electron chi connectivity index (χ2n) is 3.74. The predicted molar refractivity (Wildman–Crippen MR) is 74.6 cm³/mol. The Bertz CT molecular complexity index is 589. The van der Waals surface area contributed by atoms with Crippen molar-refractivity contribution in [2.45, 2.75) is 6.10 Å². The molecular formula is C13H8ClF2IO. The minimum atomic E-state index is -1.24. The van der Waals surface area contributed by atoms with E-state index in [0.717, 1.165) is 21.8 Å².